The van der Waals surface area contributed by atoms with Crippen LogP contribution in [0.5, 0.6) is 0 Å². The van der Waals surface area contributed by atoms with Crippen molar-refractivity contribution >= 4 is 21.6 Å². The van der Waals surface area contributed by atoms with E-state index in [1.54, 1.807) is 0 Å². The summed E-state index contributed by atoms with van der Waals surface area (Å²) in [7, 11) is 0. The van der Waals surface area contributed by atoms with Crippen molar-refractivity contribution in [2.24, 2.45) is 0 Å². The quantitative estimate of drug-likeness (QED) is 0.853. The molecule has 1 fully saturated rings. The van der Waals surface area contributed by atoms with Gasteiger partial charge in [-0.3, -0.25) is 4.90 Å². The molecule has 94 valence electrons. The molecule has 0 bridgehead atoms. The molecule has 0 saturated carbocycles. The molecule has 0 radical (unpaired) electrons. The van der Waals surface area contributed by atoms with Crippen molar-refractivity contribution in [3.8, 4) is 0 Å². The largest absolute Gasteiger partial charge is 0.399 e. The monoisotopic (exact) mass is 298 g/mol. The number of hydrogen-bond donors (Lipinski definition) is 1. The van der Waals surface area contributed by atoms with Gasteiger partial charge in [0.2, 0.25) is 0 Å². The number of nitrogen functional groups attached to an aromatic ring is 1. The van der Waals surface area contributed by atoms with Gasteiger partial charge in [0.25, 0.3) is 0 Å². The van der Waals surface area contributed by atoms with E-state index in [0.717, 1.165) is 29.9 Å². The van der Waals surface area contributed by atoms with Gasteiger partial charge in [-0.15, -0.1) is 0 Å². The molecule has 2 atom stereocenters. The minimum atomic E-state index is 0.311. The molecule has 4 heteroatoms. The summed E-state index contributed by atoms with van der Waals surface area (Å²) < 4.78 is 6.76. The molecular weight excluding hydrogens is 280 g/mol. The molecule has 2 rings (SSSR count). The van der Waals surface area contributed by atoms with Crippen LogP contribution >= 0.6 is 15.9 Å². The number of nitrogens with zero attached hydrogens (tertiary/aromatic N) is 1. The van der Waals surface area contributed by atoms with Crippen LogP contribution in [-0.2, 0) is 11.3 Å². The van der Waals surface area contributed by atoms with Crippen LogP contribution in [0.3, 0.4) is 0 Å². The average Bonchev–Trinajstić information content (AvgIpc) is 2.28. The van der Waals surface area contributed by atoms with Gasteiger partial charge in [0.15, 0.2) is 0 Å². The van der Waals surface area contributed by atoms with Crippen molar-refractivity contribution in [2.45, 2.75) is 32.5 Å². The number of ether oxygens (including phenoxy) is 1. The number of hydrogen-bond acceptors (Lipinski definition) is 3. The molecule has 0 aliphatic carbocycles. The summed E-state index contributed by atoms with van der Waals surface area (Å²) in [6.07, 6.45) is 0.311. The van der Waals surface area contributed by atoms with Crippen molar-refractivity contribution in [3.63, 3.8) is 0 Å². The highest BCUT2D eigenvalue weighted by Crippen LogP contribution is 2.23. The Hall–Kier alpha value is -0.580. The Morgan fingerprint density at radius 2 is 2.24 bits per heavy atom. The number of rotatable bonds is 2. The topological polar surface area (TPSA) is 38.5 Å². The van der Waals surface area contributed by atoms with Crippen molar-refractivity contribution in [3.05, 3.63) is 28.2 Å². The van der Waals surface area contributed by atoms with Gasteiger partial charge in [-0.05, 0) is 37.6 Å². The SMILES string of the molecule is CC1CN(Cc2cc(N)ccc2Br)C(C)CO1. The lowest BCUT2D eigenvalue weighted by atomic mass is 10.1. The molecule has 1 aliphatic heterocycles. The number of nitrogens with two attached hydrogens (primary N) is 1. The van der Waals surface area contributed by atoms with Crippen LogP contribution in [-0.4, -0.2) is 30.2 Å². The molecule has 1 saturated heterocycles. The van der Waals surface area contributed by atoms with Crippen LogP contribution in [0.2, 0.25) is 0 Å². The zero-order valence-corrected chi connectivity index (χ0v) is 11.9. The highest BCUT2D eigenvalue weighted by atomic mass is 79.9. The van der Waals surface area contributed by atoms with Gasteiger partial charge in [-0.2, -0.15) is 0 Å². The Morgan fingerprint density at radius 1 is 1.47 bits per heavy atom. The van der Waals surface area contributed by atoms with E-state index in [-0.39, 0.29) is 0 Å². The van der Waals surface area contributed by atoms with Gasteiger partial charge >= 0.3 is 0 Å². The first kappa shape index (κ1) is 12.9. The molecule has 17 heavy (non-hydrogen) atoms. The Bertz CT molecular complexity index is 397. The minimum Gasteiger partial charge on any atom is -0.399 e. The van der Waals surface area contributed by atoms with E-state index in [2.05, 4.69) is 34.7 Å². The first-order valence-electron chi connectivity index (χ1n) is 5.96. The van der Waals surface area contributed by atoms with Crippen LogP contribution in [0.15, 0.2) is 22.7 Å². The molecule has 1 aliphatic rings. The molecule has 0 amide bonds. The summed E-state index contributed by atoms with van der Waals surface area (Å²) in [5.41, 5.74) is 7.89. The van der Waals surface area contributed by atoms with Crippen LogP contribution in [0.25, 0.3) is 0 Å². The summed E-state index contributed by atoms with van der Waals surface area (Å²) in [6, 6.07) is 6.43. The summed E-state index contributed by atoms with van der Waals surface area (Å²) in [5.74, 6) is 0. The highest BCUT2D eigenvalue weighted by Gasteiger charge is 2.23. The molecule has 3 nitrogen and oxygen atoms in total. The molecular formula is C13H19BrN2O. The summed E-state index contributed by atoms with van der Waals surface area (Å²) >= 11 is 3.58. The maximum absolute atomic E-state index is 5.83. The smallest absolute Gasteiger partial charge is 0.0674 e. The van der Waals surface area contributed by atoms with Crippen molar-refractivity contribution < 1.29 is 4.74 Å². The molecule has 0 aromatic heterocycles. The second-order valence-corrected chi connectivity index (χ2v) is 5.63. The van der Waals surface area contributed by atoms with Gasteiger partial charge in [-0.1, -0.05) is 15.9 Å². The van der Waals surface area contributed by atoms with Crippen LogP contribution in [0.4, 0.5) is 5.69 Å². The fourth-order valence-electron chi connectivity index (χ4n) is 2.13. The molecule has 2 unspecified atom stereocenters. The van der Waals surface area contributed by atoms with E-state index in [1.807, 2.05) is 18.2 Å². The summed E-state index contributed by atoms with van der Waals surface area (Å²) in [4.78, 5) is 2.44. The summed E-state index contributed by atoms with van der Waals surface area (Å²) in [6.45, 7) is 7.02. The van der Waals surface area contributed by atoms with Crippen LogP contribution in [0, 0.1) is 0 Å². The number of morpholine rings is 1. The molecule has 0 spiro atoms. The Balaban J connectivity index is 2.11. The average molecular weight is 299 g/mol. The number of benzene rings is 1. The van der Waals surface area contributed by atoms with Gasteiger partial charge < -0.3 is 10.5 Å². The predicted octanol–water partition coefficient (Wildman–Crippen LogP) is 2.64. The van der Waals surface area contributed by atoms with Gasteiger partial charge in [0.05, 0.1) is 12.7 Å². The van der Waals surface area contributed by atoms with Gasteiger partial charge in [-0.25, -0.2) is 0 Å². The summed E-state index contributed by atoms with van der Waals surface area (Å²) in [5, 5.41) is 0. The van der Waals surface area contributed by atoms with E-state index in [0.29, 0.717) is 12.1 Å². The van der Waals surface area contributed by atoms with E-state index >= 15 is 0 Å². The zero-order valence-electron chi connectivity index (χ0n) is 10.3. The third-order valence-corrected chi connectivity index (χ3v) is 3.95. The van der Waals surface area contributed by atoms with E-state index in [9.17, 15) is 0 Å². The van der Waals surface area contributed by atoms with Gasteiger partial charge in [0.1, 0.15) is 0 Å². The number of anilines is 1. The van der Waals surface area contributed by atoms with Crippen LogP contribution < -0.4 is 5.73 Å². The second kappa shape index (κ2) is 5.38. The van der Waals surface area contributed by atoms with Crippen molar-refractivity contribution in [1.29, 1.82) is 0 Å². The standard InChI is InChI=1S/C13H19BrN2O/c1-9-8-17-10(2)6-16(9)7-11-5-12(15)3-4-13(11)14/h3-5,9-10H,6-8,15H2,1-2H3. The molecule has 1 aromatic carbocycles. The first-order valence-corrected chi connectivity index (χ1v) is 6.75. The Kier molecular flexibility index (Phi) is 4.07. The minimum absolute atomic E-state index is 0.311. The van der Waals surface area contributed by atoms with E-state index < -0.39 is 0 Å². The Labute approximate surface area is 111 Å². The van der Waals surface area contributed by atoms with Crippen LogP contribution in [0.1, 0.15) is 19.4 Å². The maximum atomic E-state index is 5.83. The predicted molar refractivity (Wildman–Crippen MR) is 73.8 cm³/mol. The molecule has 1 aromatic rings. The fraction of sp³-hybridized carbons (Fsp3) is 0.538. The molecule has 1 heterocycles. The maximum Gasteiger partial charge on any atom is 0.0674 e. The third-order valence-electron chi connectivity index (χ3n) is 3.18. The number of halogens is 1. The van der Waals surface area contributed by atoms with Crippen molar-refractivity contribution in [2.75, 3.05) is 18.9 Å². The zero-order chi connectivity index (χ0) is 12.4. The first-order chi connectivity index (χ1) is 8.06. The van der Waals surface area contributed by atoms with Gasteiger partial charge in [0, 0.05) is 29.3 Å². The Morgan fingerprint density at radius 3 is 3.00 bits per heavy atom. The fourth-order valence-corrected chi connectivity index (χ4v) is 2.50. The lowest BCUT2D eigenvalue weighted by Crippen LogP contribution is -2.46. The second-order valence-electron chi connectivity index (χ2n) is 4.77. The lowest BCUT2D eigenvalue weighted by Gasteiger charge is -2.37. The lowest BCUT2D eigenvalue weighted by molar-refractivity contribution is -0.0527. The van der Waals surface area contributed by atoms with Crippen molar-refractivity contribution in [1.82, 2.24) is 4.90 Å². The molecule has 2 N–H and O–H groups in total. The third kappa shape index (κ3) is 3.21. The highest BCUT2D eigenvalue weighted by molar-refractivity contribution is 9.10. The van der Waals surface area contributed by atoms with E-state index in [1.165, 1.54) is 5.56 Å². The normalized spacial score (nSPS) is 26.1. The van der Waals surface area contributed by atoms with E-state index in [4.69, 9.17) is 10.5 Å².